The molecule has 9 nitrogen and oxygen atoms in total. The largest absolute Gasteiger partial charge is 0.417 e. The molecular weight excluding hydrogens is 629 g/mol. The molecule has 5 rings (SSSR count). The topological polar surface area (TPSA) is 82.0 Å². The van der Waals surface area contributed by atoms with Gasteiger partial charge in [0.15, 0.2) is 6.29 Å². The summed E-state index contributed by atoms with van der Waals surface area (Å²) in [5, 5.41) is 0.828. The van der Waals surface area contributed by atoms with Crippen LogP contribution in [0, 0.1) is 6.92 Å². The van der Waals surface area contributed by atoms with Gasteiger partial charge in [-0.25, -0.2) is 4.98 Å². The number of likely N-dealkylation sites (N-methyl/N-ethyl adjacent to an activating group) is 2. The predicted octanol–water partition coefficient (Wildman–Crippen LogP) is 4.23. The lowest BCUT2D eigenvalue weighted by Gasteiger charge is -2.43. The predicted molar refractivity (Wildman–Crippen MR) is 162 cm³/mol. The van der Waals surface area contributed by atoms with Gasteiger partial charge in [-0.15, -0.1) is 0 Å². The standard InChI is InChI=1S/C19H20BrN3O3.C11H14F3N3/c1-4-18(25)22-8-14(9-22)21(3)19(26)10-23-12(2)16(11-24)15-7-13(20)5-6-17(15)23;1-16-4-6-17(7-5-16)10-3-2-9(8-15-10)11(12,13)14/h4-7,11,14H,1,8-10H2,2-3H3;2-3,8H,4-7H2,1H3. The number of alkyl halides is 3. The molecule has 13 heteroatoms. The van der Waals surface area contributed by atoms with Gasteiger partial charge in [0.05, 0.1) is 11.6 Å². The lowest BCUT2D eigenvalue weighted by Crippen LogP contribution is -2.61. The van der Waals surface area contributed by atoms with Crippen molar-refractivity contribution in [2.75, 3.05) is 58.3 Å². The summed E-state index contributed by atoms with van der Waals surface area (Å²) < 4.78 is 39.8. The second kappa shape index (κ2) is 13.3. The fourth-order valence-electron chi connectivity index (χ4n) is 5.07. The number of carbonyl (C=O) groups excluding carboxylic acids is 3. The lowest BCUT2D eigenvalue weighted by atomic mass is 10.1. The van der Waals surface area contributed by atoms with Gasteiger partial charge in [-0.1, -0.05) is 22.5 Å². The van der Waals surface area contributed by atoms with E-state index in [1.54, 1.807) is 16.8 Å². The number of carbonyl (C=O) groups is 3. The fraction of sp³-hybridized carbons (Fsp3) is 0.400. The Labute approximate surface area is 256 Å². The smallest absolute Gasteiger partial charge is 0.354 e. The van der Waals surface area contributed by atoms with Crippen molar-refractivity contribution >= 4 is 50.8 Å². The van der Waals surface area contributed by atoms with Crippen LogP contribution in [0.2, 0.25) is 0 Å². The second-order valence-corrected chi connectivity index (χ2v) is 11.6. The van der Waals surface area contributed by atoms with E-state index in [-0.39, 0.29) is 24.4 Å². The molecule has 0 unspecified atom stereocenters. The van der Waals surface area contributed by atoms with Crippen LogP contribution in [0.15, 0.2) is 53.7 Å². The third-order valence-electron chi connectivity index (χ3n) is 7.94. The zero-order valence-corrected chi connectivity index (χ0v) is 25.9. The SMILES string of the molecule is C=CC(=O)N1CC(N(C)C(=O)Cn2c(C)c(C=O)c3cc(Br)ccc32)C1.CN1CCN(c2ccc(C(F)(F)F)cn2)CC1. The highest BCUT2D eigenvalue weighted by Gasteiger charge is 2.34. The Morgan fingerprint density at radius 3 is 2.37 bits per heavy atom. The quantitative estimate of drug-likeness (QED) is 0.290. The van der Waals surface area contributed by atoms with Gasteiger partial charge in [0.25, 0.3) is 0 Å². The Bertz CT molecular complexity index is 1490. The number of pyridine rings is 1. The Kier molecular flexibility index (Phi) is 9.96. The van der Waals surface area contributed by atoms with Gasteiger partial charge in [-0.2, -0.15) is 13.2 Å². The first-order valence-electron chi connectivity index (χ1n) is 13.7. The van der Waals surface area contributed by atoms with Crippen LogP contribution >= 0.6 is 15.9 Å². The molecule has 2 aliphatic heterocycles. The van der Waals surface area contributed by atoms with Crippen LogP contribution < -0.4 is 4.90 Å². The number of rotatable bonds is 6. The van der Waals surface area contributed by atoms with Gasteiger partial charge in [-0.3, -0.25) is 14.4 Å². The normalized spacial score (nSPS) is 15.9. The molecule has 0 saturated carbocycles. The van der Waals surface area contributed by atoms with Crippen molar-refractivity contribution in [1.29, 1.82) is 0 Å². The second-order valence-electron chi connectivity index (χ2n) is 10.7. The molecule has 230 valence electrons. The molecule has 0 N–H and O–H groups in total. The molecule has 1 aromatic carbocycles. The van der Waals surface area contributed by atoms with Gasteiger partial charge < -0.3 is 24.2 Å². The number of anilines is 1. The summed E-state index contributed by atoms with van der Waals surface area (Å²) in [6, 6.07) is 8.22. The summed E-state index contributed by atoms with van der Waals surface area (Å²) in [5.74, 6) is 0.447. The minimum atomic E-state index is -4.31. The van der Waals surface area contributed by atoms with E-state index < -0.39 is 11.7 Å². The van der Waals surface area contributed by atoms with Crippen molar-refractivity contribution < 1.29 is 27.6 Å². The molecule has 2 aromatic heterocycles. The summed E-state index contributed by atoms with van der Waals surface area (Å²) in [4.78, 5) is 47.2. The molecule has 0 bridgehead atoms. The number of amides is 2. The molecule has 43 heavy (non-hydrogen) atoms. The number of fused-ring (bicyclic) bond motifs is 1. The van der Waals surface area contributed by atoms with Crippen molar-refractivity contribution in [2.45, 2.75) is 25.7 Å². The number of aromatic nitrogens is 2. The minimum Gasteiger partial charge on any atom is -0.354 e. The Morgan fingerprint density at radius 2 is 1.81 bits per heavy atom. The third kappa shape index (κ3) is 7.27. The minimum absolute atomic E-state index is 0.00761. The van der Waals surface area contributed by atoms with Crippen LogP contribution in [0.5, 0.6) is 0 Å². The number of nitrogens with zero attached hydrogens (tertiary/aromatic N) is 6. The Hall–Kier alpha value is -3.71. The maximum Gasteiger partial charge on any atom is 0.417 e. The van der Waals surface area contributed by atoms with Crippen molar-refractivity contribution in [2.24, 2.45) is 0 Å². The molecule has 4 heterocycles. The van der Waals surface area contributed by atoms with Crippen LogP contribution in [-0.4, -0.2) is 102 Å². The molecule has 0 aliphatic carbocycles. The Morgan fingerprint density at radius 1 is 1.14 bits per heavy atom. The average Bonchev–Trinajstić information content (AvgIpc) is 3.21. The van der Waals surface area contributed by atoms with Crippen LogP contribution in [-0.2, 0) is 22.3 Å². The molecule has 3 aromatic rings. The van der Waals surface area contributed by atoms with Crippen molar-refractivity contribution in [3.05, 3.63) is 70.5 Å². The number of hydrogen-bond donors (Lipinski definition) is 0. The first-order chi connectivity index (χ1) is 20.3. The molecule has 2 aliphatic rings. The maximum absolute atomic E-state index is 12.7. The van der Waals surface area contributed by atoms with Gasteiger partial charge in [0.1, 0.15) is 12.4 Å². The molecule has 0 spiro atoms. The third-order valence-corrected chi connectivity index (χ3v) is 8.43. The zero-order valence-electron chi connectivity index (χ0n) is 24.3. The van der Waals surface area contributed by atoms with Crippen LogP contribution in [0.25, 0.3) is 10.9 Å². The van der Waals surface area contributed by atoms with Crippen LogP contribution in [0.3, 0.4) is 0 Å². The molecule has 2 fully saturated rings. The first-order valence-corrected chi connectivity index (χ1v) is 14.5. The lowest BCUT2D eigenvalue weighted by molar-refractivity contribution is -0.142. The van der Waals surface area contributed by atoms with E-state index in [9.17, 15) is 27.6 Å². The Balaban J connectivity index is 0.000000215. The van der Waals surface area contributed by atoms with Gasteiger partial charge in [-0.05, 0) is 50.4 Å². The van der Waals surface area contributed by atoms with Gasteiger partial charge in [0.2, 0.25) is 11.8 Å². The fourth-order valence-corrected chi connectivity index (χ4v) is 5.43. The number of aldehydes is 1. The molecule has 0 radical (unpaired) electrons. The van der Waals surface area contributed by atoms with Gasteiger partial charge in [0, 0.05) is 79.1 Å². The zero-order chi connectivity index (χ0) is 31.5. The number of halogens is 4. The highest BCUT2D eigenvalue weighted by molar-refractivity contribution is 9.10. The summed E-state index contributed by atoms with van der Waals surface area (Å²) in [6.45, 7) is 9.92. The highest BCUT2D eigenvalue weighted by Crippen LogP contribution is 2.30. The molecule has 2 amide bonds. The van der Waals surface area contributed by atoms with Crippen molar-refractivity contribution in [1.82, 2.24) is 24.3 Å². The average molecular weight is 664 g/mol. The molecular formula is C30H34BrF3N6O3. The van der Waals surface area contributed by atoms with E-state index in [2.05, 4.69) is 32.4 Å². The maximum atomic E-state index is 12.7. The van der Waals surface area contributed by atoms with Crippen molar-refractivity contribution in [3.8, 4) is 0 Å². The molecule has 0 atom stereocenters. The highest BCUT2D eigenvalue weighted by atomic mass is 79.9. The monoisotopic (exact) mass is 662 g/mol. The number of piperazine rings is 1. The molecule has 2 saturated heterocycles. The van der Waals surface area contributed by atoms with E-state index in [1.165, 1.54) is 12.1 Å². The number of likely N-dealkylation sites (tertiary alicyclic amines) is 1. The summed E-state index contributed by atoms with van der Waals surface area (Å²) in [6.07, 6.45) is -1.30. The van der Waals surface area contributed by atoms with Crippen molar-refractivity contribution in [3.63, 3.8) is 0 Å². The van der Waals surface area contributed by atoms with Gasteiger partial charge >= 0.3 is 6.18 Å². The van der Waals surface area contributed by atoms with Crippen LogP contribution in [0.1, 0.15) is 21.6 Å². The summed E-state index contributed by atoms with van der Waals surface area (Å²) >= 11 is 3.42. The number of hydrogen-bond acceptors (Lipinski definition) is 6. The number of benzene rings is 1. The summed E-state index contributed by atoms with van der Waals surface area (Å²) in [5.41, 5.74) is 1.53. The van der Waals surface area contributed by atoms with E-state index in [4.69, 9.17) is 0 Å². The van der Waals surface area contributed by atoms with Crippen LogP contribution in [0.4, 0.5) is 19.0 Å². The first kappa shape index (κ1) is 32.2. The summed E-state index contributed by atoms with van der Waals surface area (Å²) in [7, 11) is 3.78. The van der Waals surface area contributed by atoms with E-state index >= 15 is 0 Å². The van der Waals surface area contributed by atoms with E-state index in [1.807, 2.05) is 41.6 Å². The van der Waals surface area contributed by atoms with E-state index in [0.29, 0.717) is 24.5 Å². The van der Waals surface area contributed by atoms with E-state index in [0.717, 1.165) is 65.8 Å².